The van der Waals surface area contributed by atoms with Gasteiger partial charge in [0.25, 0.3) is 5.91 Å². The lowest BCUT2D eigenvalue weighted by Crippen LogP contribution is -2.34. The number of pyridine rings is 1. The zero-order valence-corrected chi connectivity index (χ0v) is 16.6. The molecule has 0 saturated heterocycles. The largest absolute Gasteiger partial charge is 0.272 e. The number of sulfonamides is 1. The van der Waals surface area contributed by atoms with Gasteiger partial charge < -0.3 is 0 Å². The van der Waals surface area contributed by atoms with E-state index < -0.39 is 22.5 Å². The molecule has 0 spiro atoms. The van der Waals surface area contributed by atoms with Crippen molar-refractivity contribution in [2.45, 2.75) is 4.90 Å². The first kappa shape index (κ1) is 20.2. The normalized spacial score (nSPS) is 11.8. The van der Waals surface area contributed by atoms with Crippen LogP contribution in [0.15, 0.2) is 64.6 Å². The number of nitrogens with one attached hydrogen (secondary N) is 2. The number of benzene rings is 2. The Morgan fingerprint density at radius 2 is 1.82 bits per heavy atom. The molecule has 0 aliphatic carbocycles. The predicted molar refractivity (Wildman–Crippen MR) is 109 cm³/mol. The Morgan fingerprint density at radius 1 is 1.11 bits per heavy atom. The molecular formula is C18H14Cl2N4O3S. The minimum atomic E-state index is -3.83. The summed E-state index contributed by atoms with van der Waals surface area (Å²) < 4.78 is 26.4. The van der Waals surface area contributed by atoms with Crippen LogP contribution in [0.25, 0.3) is 10.9 Å². The van der Waals surface area contributed by atoms with Gasteiger partial charge in [0, 0.05) is 16.0 Å². The van der Waals surface area contributed by atoms with Gasteiger partial charge in [0.2, 0.25) is 10.0 Å². The third-order valence-corrected chi connectivity index (χ3v) is 5.62. The van der Waals surface area contributed by atoms with E-state index in [1.807, 2.05) is 24.3 Å². The Balaban J connectivity index is 1.60. The summed E-state index contributed by atoms with van der Waals surface area (Å²) in [4.78, 5) is 16.1. The van der Waals surface area contributed by atoms with E-state index in [1.165, 1.54) is 30.5 Å². The highest BCUT2D eigenvalue weighted by Gasteiger charge is 2.15. The number of rotatable bonds is 6. The van der Waals surface area contributed by atoms with E-state index in [0.717, 1.165) is 10.9 Å². The van der Waals surface area contributed by atoms with Crippen molar-refractivity contribution in [2.24, 2.45) is 5.10 Å². The van der Waals surface area contributed by atoms with Gasteiger partial charge in [0.1, 0.15) is 5.15 Å². The Morgan fingerprint density at radius 3 is 2.57 bits per heavy atom. The Kier molecular flexibility index (Phi) is 6.25. The van der Waals surface area contributed by atoms with Crippen LogP contribution in [-0.2, 0) is 14.8 Å². The highest BCUT2D eigenvalue weighted by molar-refractivity contribution is 7.89. The molecule has 0 aliphatic rings. The van der Waals surface area contributed by atoms with E-state index in [0.29, 0.717) is 10.6 Å². The average molecular weight is 437 g/mol. The van der Waals surface area contributed by atoms with Gasteiger partial charge in [-0.05, 0) is 36.4 Å². The minimum Gasteiger partial charge on any atom is -0.272 e. The quantitative estimate of drug-likeness (QED) is 0.352. The van der Waals surface area contributed by atoms with Gasteiger partial charge in [-0.3, -0.25) is 4.79 Å². The molecule has 3 rings (SSSR count). The van der Waals surface area contributed by atoms with Crippen LogP contribution in [0.4, 0.5) is 0 Å². The maximum absolute atomic E-state index is 12.1. The van der Waals surface area contributed by atoms with Crippen molar-refractivity contribution in [2.75, 3.05) is 6.54 Å². The second-order valence-corrected chi connectivity index (χ2v) is 8.19. The van der Waals surface area contributed by atoms with E-state index in [9.17, 15) is 13.2 Å². The maximum atomic E-state index is 12.1. The molecule has 28 heavy (non-hydrogen) atoms. The van der Waals surface area contributed by atoms with Crippen molar-refractivity contribution < 1.29 is 13.2 Å². The number of carbonyl (C=O) groups is 1. The molecule has 3 aromatic rings. The van der Waals surface area contributed by atoms with E-state index >= 15 is 0 Å². The summed E-state index contributed by atoms with van der Waals surface area (Å²) in [5, 5.41) is 5.31. The van der Waals surface area contributed by atoms with Crippen molar-refractivity contribution in [3.05, 3.63) is 70.3 Å². The Bertz CT molecular complexity index is 1150. The van der Waals surface area contributed by atoms with Crippen LogP contribution in [0.2, 0.25) is 10.2 Å². The first-order chi connectivity index (χ1) is 13.3. The van der Waals surface area contributed by atoms with E-state index in [-0.39, 0.29) is 10.0 Å². The monoisotopic (exact) mass is 436 g/mol. The lowest BCUT2D eigenvalue weighted by atomic mass is 10.2. The van der Waals surface area contributed by atoms with Gasteiger partial charge in [0.05, 0.1) is 23.2 Å². The summed E-state index contributed by atoms with van der Waals surface area (Å²) >= 11 is 11.8. The molecule has 0 aliphatic heterocycles. The molecule has 0 bridgehead atoms. The molecule has 1 aromatic heterocycles. The molecule has 0 unspecified atom stereocenters. The fourth-order valence-electron chi connectivity index (χ4n) is 2.27. The molecular weight excluding hydrogens is 423 g/mol. The van der Waals surface area contributed by atoms with E-state index in [4.69, 9.17) is 23.2 Å². The Labute approximate surface area is 171 Å². The van der Waals surface area contributed by atoms with Crippen LogP contribution in [0.1, 0.15) is 5.56 Å². The summed E-state index contributed by atoms with van der Waals surface area (Å²) in [5.41, 5.74) is 3.49. The fourth-order valence-corrected chi connectivity index (χ4v) is 3.57. The molecule has 0 atom stereocenters. The van der Waals surface area contributed by atoms with Gasteiger partial charge in [-0.2, -0.15) is 5.10 Å². The van der Waals surface area contributed by atoms with Gasteiger partial charge in [-0.15, -0.1) is 0 Å². The molecule has 10 heteroatoms. The zero-order chi connectivity index (χ0) is 20.1. The number of hydrazone groups is 1. The summed E-state index contributed by atoms with van der Waals surface area (Å²) in [7, 11) is -3.83. The molecule has 0 fully saturated rings. The van der Waals surface area contributed by atoms with E-state index in [2.05, 4.69) is 20.2 Å². The highest BCUT2D eigenvalue weighted by atomic mass is 35.5. The van der Waals surface area contributed by atoms with Crippen molar-refractivity contribution in [1.29, 1.82) is 0 Å². The third kappa shape index (κ3) is 5.05. The fraction of sp³-hybridized carbons (Fsp3) is 0.0556. The average Bonchev–Trinajstić information content (AvgIpc) is 2.67. The minimum absolute atomic E-state index is 0.00206. The lowest BCUT2D eigenvalue weighted by molar-refractivity contribution is -0.119. The zero-order valence-electron chi connectivity index (χ0n) is 14.3. The van der Waals surface area contributed by atoms with Crippen LogP contribution < -0.4 is 10.1 Å². The second kappa shape index (κ2) is 8.66. The standard InChI is InChI=1S/C18H14Cl2N4O3S/c19-14-5-7-15(8-6-14)28(26,27)22-11-17(25)24-21-10-13-9-12-3-1-2-4-16(12)23-18(13)20/h1-10,22H,11H2,(H,24,25)/b21-10-. The third-order valence-electron chi connectivity index (χ3n) is 3.64. The summed E-state index contributed by atoms with van der Waals surface area (Å²) in [6.45, 7) is -0.480. The Hall–Kier alpha value is -2.52. The number of halogens is 2. The van der Waals surface area contributed by atoms with Crippen molar-refractivity contribution in [1.82, 2.24) is 15.1 Å². The van der Waals surface area contributed by atoms with Crippen molar-refractivity contribution in [3.63, 3.8) is 0 Å². The number of carbonyl (C=O) groups excluding carboxylic acids is 1. The SMILES string of the molecule is O=C(CNS(=O)(=O)c1ccc(Cl)cc1)N/N=C\c1cc2ccccc2nc1Cl. The maximum Gasteiger partial charge on any atom is 0.255 e. The number of amides is 1. The molecule has 1 amide bonds. The first-order valence-electron chi connectivity index (χ1n) is 7.97. The van der Waals surface area contributed by atoms with Crippen LogP contribution in [-0.4, -0.2) is 32.1 Å². The molecule has 2 N–H and O–H groups in total. The number of hydrogen-bond donors (Lipinski definition) is 2. The first-order valence-corrected chi connectivity index (χ1v) is 10.2. The summed E-state index contributed by atoms with van der Waals surface area (Å²) in [6, 6.07) is 14.8. The van der Waals surface area contributed by atoms with Crippen LogP contribution in [0.3, 0.4) is 0 Å². The summed E-state index contributed by atoms with van der Waals surface area (Å²) in [5.74, 6) is -0.640. The van der Waals surface area contributed by atoms with Gasteiger partial charge >= 0.3 is 0 Å². The van der Waals surface area contributed by atoms with Crippen LogP contribution in [0, 0.1) is 0 Å². The van der Waals surface area contributed by atoms with Crippen LogP contribution in [0.5, 0.6) is 0 Å². The lowest BCUT2D eigenvalue weighted by Gasteiger charge is -2.06. The predicted octanol–water partition coefficient (Wildman–Crippen LogP) is 2.97. The van der Waals surface area contributed by atoms with Crippen LogP contribution >= 0.6 is 23.2 Å². The van der Waals surface area contributed by atoms with E-state index in [1.54, 1.807) is 6.07 Å². The number of fused-ring (bicyclic) bond motifs is 1. The molecule has 0 radical (unpaired) electrons. The molecule has 2 aromatic carbocycles. The molecule has 7 nitrogen and oxygen atoms in total. The number of aromatic nitrogens is 1. The number of nitrogens with zero attached hydrogens (tertiary/aromatic N) is 2. The molecule has 144 valence electrons. The van der Waals surface area contributed by atoms with Gasteiger partial charge in [-0.1, -0.05) is 41.4 Å². The second-order valence-electron chi connectivity index (χ2n) is 5.63. The molecule has 0 saturated carbocycles. The summed E-state index contributed by atoms with van der Waals surface area (Å²) in [6.07, 6.45) is 1.34. The molecule has 1 heterocycles. The number of hydrogen-bond acceptors (Lipinski definition) is 5. The number of para-hydroxylation sites is 1. The van der Waals surface area contributed by atoms with Crippen molar-refractivity contribution in [3.8, 4) is 0 Å². The topological polar surface area (TPSA) is 101 Å². The smallest absolute Gasteiger partial charge is 0.255 e. The van der Waals surface area contributed by atoms with Gasteiger partial charge in [0.15, 0.2) is 0 Å². The van der Waals surface area contributed by atoms with Crippen molar-refractivity contribution >= 4 is 56.2 Å². The van der Waals surface area contributed by atoms with Gasteiger partial charge in [-0.25, -0.2) is 23.5 Å². The highest BCUT2D eigenvalue weighted by Crippen LogP contribution is 2.19.